The van der Waals surface area contributed by atoms with Crippen LogP contribution in [0.15, 0.2) is 102 Å². The zero-order valence-electron chi connectivity index (χ0n) is 25.8. The molecule has 0 saturated heterocycles. The fourth-order valence-corrected chi connectivity index (χ4v) is 7.09. The minimum Gasteiger partial charge on any atom is -0.352 e. The number of halogens is 3. The van der Waals surface area contributed by atoms with E-state index >= 15 is 0 Å². The van der Waals surface area contributed by atoms with E-state index in [-0.39, 0.29) is 40.5 Å². The zero-order chi connectivity index (χ0) is 33.4. The molecule has 0 aliphatic rings. The molecule has 242 valence electrons. The van der Waals surface area contributed by atoms with Crippen molar-refractivity contribution in [3.63, 3.8) is 0 Å². The summed E-state index contributed by atoms with van der Waals surface area (Å²) in [5, 5.41) is 3.76. The maximum atomic E-state index is 14.6. The number of hydrogen-bond acceptors (Lipinski definition) is 4. The largest absolute Gasteiger partial charge is 0.352 e. The average molecular weight is 701 g/mol. The van der Waals surface area contributed by atoms with Crippen molar-refractivity contribution in [2.75, 3.05) is 10.8 Å². The molecular weight excluding hydrogens is 665 g/mol. The van der Waals surface area contributed by atoms with Crippen LogP contribution in [0.25, 0.3) is 0 Å². The number of rotatable bonds is 13. The third-order valence-corrected chi connectivity index (χ3v) is 10.5. The van der Waals surface area contributed by atoms with Crippen molar-refractivity contribution in [2.45, 2.75) is 57.1 Å². The molecule has 46 heavy (non-hydrogen) atoms. The minimum absolute atomic E-state index is 0.0122. The maximum Gasteiger partial charge on any atom is 0.264 e. The van der Waals surface area contributed by atoms with Crippen molar-refractivity contribution in [2.24, 2.45) is 0 Å². The second-order valence-corrected chi connectivity index (χ2v) is 14.1. The number of para-hydroxylation sites is 1. The maximum absolute atomic E-state index is 14.6. The summed E-state index contributed by atoms with van der Waals surface area (Å²) in [6.07, 6.45) is 0.830. The summed E-state index contributed by atoms with van der Waals surface area (Å²) in [6, 6.07) is 25.8. The Balaban J connectivity index is 1.85. The Labute approximate surface area is 286 Å². The Morgan fingerprint density at radius 3 is 2.00 bits per heavy atom. The van der Waals surface area contributed by atoms with Crippen LogP contribution in [0.3, 0.4) is 0 Å². The molecule has 0 bridgehead atoms. The SMILES string of the molecule is CC[C@H](C)NC(=O)[C@@H](Cc1ccccc1)N(Cc1c(Cl)cccc1Cl)C(=O)CN(c1ccccc1Cl)S(=O)(=O)c1ccc(C)cc1. The summed E-state index contributed by atoms with van der Waals surface area (Å²) in [4.78, 5) is 29.9. The van der Waals surface area contributed by atoms with E-state index in [0.29, 0.717) is 22.0 Å². The molecule has 0 saturated carbocycles. The lowest BCUT2D eigenvalue weighted by Crippen LogP contribution is -2.54. The molecule has 0 aliphatic heterocycles. The van der Waals surface area contributed by atoms with Crippen LogP contribution < -0.4 is 9.62 Å². The van der Waals surface area contributed by atoms with Gasteiger partial charge in [0.2, 0.25) is 11.8 Å². The molecule has 4 aromatic carbocycles. The second kappa shape index (κ2) is 15.8. The fraction of sp³-hybridized carbons (Fsp3) is 0.257. The summed E-state index contributed by atoms with van der Waals surface area (Å²) < 4.78 is 29.3. The molecule has 0 aromatic heterocycles. The molecule has 0 unspecified atom stereocenters. The first-order valence-electron chi connectivity index (χ1n) is 14.8. The molecule has 4 rings (SSSR count). The summed E-state index contributed by atoms with van der Waals surface area (Å²) in [7, 11) is -4.29. The van der Waals surface area contributed by atoms with E-state index in [1.165, 1.54) is 23.1 Å². The third kappa shape index (κ3) is 8.62. The summed E-state index contributed by atoms with van der Waals surface area (Å²) in [6.45, 7) is 4.87. The van der Waals surface area contributed by atoms with Gasteiger partial charge in [0.25, 0.3) is 10.0 Å². The van der Waals surface area contributed by atoms with Crippen LogP contribution >= 0.6 is 34.8 Å². The van der Waals surface area contributed by atoms with Crippen LogP contribution in [0.4, 0.5) is 5.69 Å². The third-order valence-electron chi connectivity index (χ3n) is 7.67. The highest BCUT2D eigenvalue weighted by Crippen LogP contribution is 2.32. The molecular formula is C35H36Cl3N3O4S. The Bertz CT molecular complexity index is 1750. The smallest absolute Gasteiger partial charge is 0.264 e. The lowest BCUT2D eigenvalue weighted by Gasteiger charge is -2.34. The molecule has 1 N–H and O–H groups in total. The van der Waals surface area contributed by atoms with Crippen molar-refractivity contribution >= 4 is 62.3 Å². The van der Waals surface area contributed by atoms with E-state index in [9.17, 15) is 18.0 Å². The van der Waals surface area contributed by atoms with E-state index in [1.54, 1.807) is 48.5 Å². The first kappa shape index (κ1) is 35.3. The van der Waals surface area contributed by atoms with Gasteiger partial charge in [0.1, 0.15) is 12.6 Å². The minimum atomic E-state index is -4.29. The van der Waals surface area contributed by atoms with Gasteiger partial charge in [0.15, 0.2) is 0 Å². The zero-order valence-corrected chi connectivity index (χ0v) is 28.9. The van der Waals surface area contributed by atoms with Crippen LogP contribution in [0.5, 0.6) is 0 Å². The summed E-state index contributed by atoms with van der Waals surface area (Å²) in [5.41, 5.74) is 2.24. The molecule has 2 atom stereocenters. The van der Waals surface area contributed by atoms with Crippen LogP contribution in [-0.4, -0.2) is 43.8 Å². The lowest BCUT2D eigenvalue weighted by molar-refractivity contribution is -0.140. The Kier molecular flexibility index (Phi) is 12.1. The van der Waals surface area contributed by atoms with E-state index in [2.05, 4.69) is 5.32 Å². The van der Waals surface area contributed by atoms with Gasteiger partial charge in [-0.2, -0.15) is 0 Å². The number of sulfonamides is 1. The van der Waals surface area contributed by atoms with Gasteiger partial charge in [-0.15, -0.1) is 0 Å². The predicted octanol–water partition coefficient (Wildman–Crippen LogP) is 7.71. The van der Waals surface area contributed by atoms with Crippen molar-refractivity contribution in [1.82, 2.24) is 10.2 Å². The monoisotopic (exact) mass is 699 g/mol. The van der Waals surface area contributed by atoms with Crippen LogP contribution in [-0.2, 0) is 32.6 Å². The normalized spacial score (nSPS) is 12.7. The molecule has 0 spiro atoms. The number of nitrogens with one attached hydrogen (secondary N) is 1. The van der Waals surface area contributed by atoms with Crippen LogP contribution in [0.2, 0.25) is 15.1 Å². The molecule has 0 radical (unpaired) electrons. The van der Waals surface area contributed by atoms with Crippen molar-refractivity contribution < 1.29 is 18.0 Å². The van der Waals surface area contributed by atoms with Gasteiger partial charge in [-0.3, -0.25) is 13.9 Å². The van der Waals surface area contributed by atoms with E-state index in [4.69, 9.17) is 34.8 Å². The second-order valence-electron chi connectivity index (χ2n) is 11.0. The Morgan fingerprint density at radius 2 is 1.39 bits per heavy atom. The van der Waals surface area contributed by atoms with Crippen molar-refractivity contribution in [3.8, 4) is 0 Å². The van der Waals surface area contributed by atoms with E-state index in [0.717, 1.165) is 15.4 Å². The molecule has 7 nitrogen and oxygen atoms in total. The molecule has 2 amide bonds. The number of benzene rings is 4. The van der Waals surface area contributed by atoms with Crippen molar-refractivity contribution in [1.29, 1.82) is 0 Å². The lowest BCUT2D eigenvalue weighted by atomic mass is 10.0. The Morgan fingerprint density at radius 1 is 0.804 bits per heavy atom. The highest BCUT2D eigenvalue weighted by molar-refractivity contribution is 7.92. The van der Waals surface area contributed by atoms with Gasteiger partial charge in [0.05, 0.1) is 15.6 Å². The predicted molar refractivity (Wildman–Crippen MR) is 186 cm³/mol. The fourth-order valence-electron chi connectivity index (χ4n) is 4.85. The van der Waals surface area contributed by atoms with Crippen molar-refractivity contribution in [3.05, 3.63) is 129 Å². The van der Waals surface area contributed by atoms with Gasteiger partial charge in [0, 0.05) is 34.6 Å². The summed E-state index contributed by atoms with van der Waals surface area (Å²) in [5.74, 6) is -1.03. The van der Waals surface area contributed by atoms with Gasteiger partial charge in [-0.25, -0.2) is 8.42 Å². The molecule has 11 heteroatoms. The van der Waals surface area contributed by atoms with E-state index < -0.39 is 28.5 Å². The molecule has 0 aliphatic carbocycles. The first-order chi connectivity index (χ1) is 21.9. The van der Waals surface area contributed by atoms with Gasteiger partial charge >= 0.3 is 0 Å². The number of aryl methyl sites for hydroxylation is 1. The van der Waals surface area contributed by atoms with Crippen LogP contribution in [0, 0.1) is 6.92 Å². The number of carbonyl (C=O) groups is 2. The van der Waals surface area contributed by atoms with Gasteiger partial charge in [-0.05, 0) is 62.2 Å². The van der Waals surface area contributed by atoms with Crippen LogP contribution in [0.1, 0.15) is 37.0 Å². The number of nitrogens with zero attached hydrogens (tertiary/aromatic N) is 2. The number of hydrogen-bond donors (Lipinski definition) is 1. The summed E-state index contributed by atoms with van der Waals surface area (Å²) >= 11 is 19.7. The molecule has 0 heterocycles. The molecule has 0 fully saturated rings. The van der Waals surface area contributed by atoms with Gasteiger partial charge in [-0.1, -0.05) is 108 Å². The van der Waals surface area contributed by atoms with Gasteiger partial charge < -0.3 is 10.2 Å². The number of carbonyl (C=O) groups excluding carboxylic acids is 2. The average Bonchev–Trinajstić information content (AvgIpc) is 3.03. The standard InChI is InChI=1S/C35H36Cl3N3O4S/c1-4-25(3)39-35(43)33(21-26-11-6-5-7-12-26)40(22-28-29(36)14-10-15-30(28)37)34(42)23-41(32-16-9-8-13-31(32)38)46(44,45)27-19-17-24(2)18-20-27/h5-20,25,33H,4,21-23H2,1-3H3,(H,39,43)/t25-,33+/m0/s1. The van der Waals surface area contributed by atoms with E-state index in [1.807, 2.05) is 51.1 Å². The highest BCUT2D eigenvalue weighted by atomic mass is 35.5. The Hall–Kier alpha value is -3.56. The quantitative estimate of drug-likeness (QED) is 0.155. The first-order valence-corrected chi connectivity index (χ1v) is 17.4. The highest BCUT2D eigenvalue weighted by Gasteiger charge is 2.36. The number of anilines is 1. The molecule has 4 aromatic rings. The topological polar surface area (TPSA) is 86.8 Å². The number of amides is 2.